The monoisotopic (exact) mass is 504 g/mol. The number of aliphatic hydroxyl groups is 2. The molecule has 36 heavy (non-hydrogen) atoms. The molecule has 7 nitrogen and oxygen atoms in total. The van der Waals surface area contributed by atoms with E-state index in [2.05, 4.69) is 22.4 Å². The molecule has 0 fully saturated rings. The number of fused-ring (bicyclic) bond motifs is 4. The summed E-state index contributed by atoms with van der Waals surface area (Å²) in [6.07, 6.45) is -1.76. The Morgan fingerprint density at radius 2 is 1.69 bits per heavy atom. The van der Waals surface area contributed by atoms with E-state index in [4.69, 9.17) is 16.3 Å². The number of hydrogen-bond acceptors (Lipinski definition) is 6. The number of aliphatic hydroxyl groups excluding tert-OH is 2. The van der Waals surface area contributed by atoms with Crippen LogP contribution < -0.4 is 5.32 Å². The third-order valence-electron chi connectivity index (χ3n) is 6.58. The molecule has 4 N–H and O–H groups in total. The number of aromatic nitrogens is 1. The number of pyridine rings is 1. The zero-order valence-electron chi connectivity index (χ0n) is 19.3. The van der Waals surface area contributed by atoms with E-state index in [0.29, 0.717) is 10.4 Å². The number of halogens is 1. The van der Waals surface area contributed by atoms with E-state index in [1.165, 1.54) is 12.3 Å². The van der Waals surface area contributed by atoms with Gasteiger partial charge in [-0.05, 0) is 46.9 Å². The minimum absolute atomic E-state index is 0.0304. The summed E-state index contributed by atoms with van der Waals surface area (Å²) in [6, 6.07) is 21.0. The molecule has 0 spiro atoms. The van der Waals surface area contributed by atoms with Crippen molar-refractivity contribution in [3.8, 4) is 16.9 Å². The van der Waals surface area contributed by atoms with Gasteiger partial charge in [0.05, 0.1) is 11.1 Å². The molecule has 184 valence electrons. The molecule has 1 amide bonds. The lowest BCUT2D eigenvalue weighted by Gasteiger charge is -2.20. The summed E-state index contributed by atoms with van der Waals surface area (Å²) in [7, 11) is 0. The lowest BCUT2D eigenvalue weighted by Crippen LogP contribution is -2.30. The van der Waals surface area contributed by atoms with Gasteiger partial charge in [0.2, 0.25) is 0 Å². The molecule has 1 aromatic heterocycles. The Kier molecular flexibility index (Phi) is 6.78. The Morgan fingerprint density at radius 1 is 1.03 bits per heavy atom. The maximum Gasteiger partial charge on any atom is 0.407 e. The molecule has 3 aromatic carbocycles. The van der Waals surface area contributed by atoms with E-state index in [0.717, 1.165) is 22.3 Å². The number of benzene rings is 3. The molecule has 1 heterocycles. The van der Waals surface area contributed by atoms with Crippen molar-refractivity contribution in [3.05, 3.63) is 94.6 Å². The van der Waals surface area contributed by atoms with Gasteiger partial charge in [-0.2, -0.15) is 0 Å². The number of phenols is 1. The molecular weight excluding hydrogens is 480 g/mol. The Bertz CT molecular complexity index is 1380. The first kappa shape index (κ1) is 24.1. The van der Waals surface area contributed by atoms with Crippen molar-refractivity contribution >= 4 is 28.6 Å². The molecule has 0 saturated heterocycles. The quantitative estimate of drug-likeness (QED) is 0.284. The number of nitrogens with one attached hydrogen (secondary N) is 1. The molecule has 8 heteroatoms. The lowest BCUT2D eigenvalue weighted by atomic mass is 9.98. The Labute approximate surface area is 213 Å². The van der Waals surface area contributed by atoms with Crippen LogP contribution in [-0.4, -0.2) is 45.7 Å². The van der Waals surface area contributed by atoms with Crippen LogP contribution in [0.5, 0.6) is 5.75 Å². The van der Waals surface area contributed by atoms with E-state index >= 15 is 0 Å². The molecule has 5 rings (SSSR count). The van der Waals surface area contributed by atoms with Crippen LogP contribution in [0.2, 0.25) is 5.02 Å². The van der Waals surface area contributed by atoms with Gasteiger partial charge in [-0.15, -0.1) is 0 Å². The topological polar surface area (TPSA) is 112 Å². The molecule has 2 unspecified atom stereocenters. The smallest absolute Gasteiger partial charge is 0.407 e. The standard InChI is InChI=1S/C28H25ClN2O5/c29-23-14-21(27(34)25-20(23)10-5-12-30-25)26(33)24(32)11-13-31-28(35)36-15-22-18-8-3-1-6-16(18)17-7-2-4-9-19(17)22/h1-10,12,14,22,24,26,32-34H,11,13,15H2,(H,31,35). The molecule has 0 aliphatic heterocycles. The molecule has 1 aliphatic carbocycles. The van der Waals surface area contributed by atoms with Gasteiger partial charge in [0.25, 0.3) is 0 Å². The number of carbonyl (C=O) groups excluding carboxylic acids is 1. The van der Waals surface area contributed by atoms with Crippen LogP contribution in [0.1, 0.15) is 35.1 Å². The summed E-state index contributed by atoms with van der Waals surface area (Å²) in [6.45, 7) is 0.247. The van der Waals surface area contributed by atoms with E-state index in [1.54, 1.807) is 12.1 Å². The number of ether oxygens (including phenoxy) is 1. The van der Waals surface area contributed by atoms with Crippen molar-refractivity contribution in [2.24, 2.45) is 0 Å². The van der Waals surface area contributed by atoms with Crippen molar-refractivity contribution < 1.29 is 24.9 Å². The molecule has 0 bridgehead atoms. The van der Waals surface area contributed by atoms with Gasteiger partial charge >= 0.3 is 6.09 Å². The summed E-state index contributed by atoms with van der Waals surface area (Å²) < 4.78 is 5.49. The summed E-state index contributed by atoms with van der Waals surface area (Å²) >= 11 is 6.26. The Hall–Kier alpha value is -3.65. The first-order valence-electron chi connectivity index (χ1n) is 11.7. The van der Waals surface area contributed by atoms with Crippen LogP contribution >= 0.6 is 11.6 Å². The van der Waals surface area contributed by atoms with Gasteiger partial charge < -0.3 is 25.4 Å². The van der Waals surface area contributed by atoms with E-state index in [1.807, 2.05) is 36.4 Å². The summed E-state index contributed by atoms with van der Waals surface area (Å²) in [4.78, 5) is 16.5. The summed E-state index contributed by atoms with van der Waals surface area (Å²) in [5, 5.41) is 35.1. The van der Waals surface area contributed by atoms with Gasteiger partial charge in [-0.3, -0.25) is 4.98 Å². The number of rotatable bonds is 7. The van der Waals surface area contributed by atoms with Gasteiger partial charge in [-0.25, -0.2) is 4.79 Å². The second-order valence-electron chi connectivity index (χ2n) is 8.75. The molecule has 4 aromatic rings. The summed E-state index contributed by atoms with van der Waals surface area (Å²) in [5.41, 5.74) is 4.84. The molecule has 0 radical (unpaired) electrons. The highest BCUT2D eigenvalue weighted by Crippen LogP contribution is 2.44. The second-order valence-corrected chi connectivity index (χ2v) is 9.16. The minimum atomic E-state index is -1.42. The van der Waals surface area contributed by atoms with Crippen molar-refractivity contribution in [3.63, 3.8) is 0 Å². The largest absolute Gasteiger partial charge is 0.505 e. The van der Waals surface area contributed by atoms with Crippen LogP contribution in [0, 0.1) is 0 Å². The highest BCUT2D eigenvalue weighted by Gasteiger charge is 2.29. The number of phenolic OH excluding ortho intramolecular Hbond substituents is 1. The van der Waals surface area contributed by atoms with E-state index < -0.39 is 18.3 Å². The molecule has 2 atom stereocenters. The van der Waals surface area contributed by atoms with E-state index in [9.17, 15) is 20.1 Å². The second kappa shape index (κ2) is 10.1. The predicted octanol–water partition coefficient (Wildman–Crippen LogP) is 4.92. The van der Waals surface area contributed by atoms with Crippen molar-refractivity contribution in [2.75, 3.05) is 13.2 Å². The van der Waals surface area contributed by atoms with Crippen molar-refractivity contribution in [1.82, 2.24) is 10.3 Å². The van der Waals surface area contributed by atoms with Gasteiger partial charge in [-0.1, -0.05) is 60.1 Å². The fourth-order valence-corrected chi connectivity index (χ4v) is 5.04. The maximum absolute atomic E-state index is 12.3. The summed E-state index contributed by atoms with van der Waals surface area (Å²) in [5.74, 6) is -0.296. The van der Waals surface area contributed by atoms with Crippen LogP contribution in [0.15, 0.2) is 72.9 Å². The number of nitrogens with zero attached hydrogens (tertiary/aromatic N) is 1. The van der Waals surface area contributed by atoms with Gasteiger partial charge in [0.1, 0.15) is 24.0 Å². The highest BCUT2D eigenvalue weighted by atomic mass is 35.5. The molecule has 0 saturated carbocycles. The highest BCUT2D eigenvalue weighted by molar-refractivity contribution is 6.35. The maximum atomic E-state index is 12.3. The predicted molar refractivity (Wildman–Crippen MR) is 137 cm³/mol. The average Bonchev–Trinajstić information content (AvgIpc) is 3.22. The SMILES string of the molecule is O=C(NCCC(O)C(O)c1cc(Cl)c2cccnc2c1O)OCC1c2ccccc2-c2ccccc21. The van der Waals surface area contributed by atoms with Crippen LogP contribution in [0.4, 0.5) is 4.79 Å². The third kappa shape index (κ3) is 4.48. The number of carbonyl (C=O) groups is 1. The number of aromatic hydroxyl groups is 1. The molecule has 1 aliphatic rings. The van der Waals surface area contributed by atoms with Crippen molar-refractivity contribution in [1.29, 1.82) is 0 Å². The normalized spacial score (nSPS) is 14.2. The minimum Gasteiger partial charge on any atom is -0.505 e. The van der Waals surface area contributed by atoms with Gasteiger partial charge in [0, 0.05) is 29.6 Å². The van der Waals surface area contributed by atoms with E-state index in [-0.39, 0.29) is 42.3 Å². The zero-order valence-corrected chi connectivity index (χ0v) is 20.0. The van der Waals surface area contributed by atoms with Crippen LogP contribution in [-0.2, 0) is 4.74 Å². The fourth-order valence-electron chi connectivity index (χ4n) is 4.77. The Balaban J connectivity index is 1.17. The third-order valence-corrected chi connectivity index (χ3v) is 6.89. The number of amides is 1. The Morgan fingerprint density at radius 3 is 2.39 bits per heavy atom. The van der Waals surface area contributed by atoms with Crippen LogP contribution in [0.3, 0.4) is 0 Å². The first-order valence-corrected chi connectivity index (χ1v) is 12.0. The molecular formula is C28H25ClN2O5. The number of hydrogen-bond donors (Lipinski definition) is 4. The lowest BCUT2D eigenvalue weighted by molar-refractivity contribution is 0.0125. The van der Waals surface area contributed by atoms with Crippen molar-refractivity contribution in [2.45, 2.75) is 24.5 Å². The number of alkyl carbamates (subject to hydrolysis) is 1. The van der Waals surface area contributed by atoms with Crippen LogP contribution in [0.25, 0.3) is 22.0 Å². The zero-order chi connectivity index (χ0) is 25.2. The fraction of sp³-hybridized carbons (Fsp3) is 0.214. The van der Waals surface area contributed by atoms with Gasteiger partial charge in [0.15, 0.2) is 0 Å². The first-order chi connectivity index (χ1) is 17.5. The average molecular weight is 505 g/mol.